The molecule has 0 unspecified atom stereocenters. The van der Waals surface area contributed by atoms with E-state index >= 15 is 0 Å². The molecule has 0 aliphatic heterocycles. The summed E-state index contributed by atoms with van der Waals surface area (Å²) in [6.45, 7) is 6.60. The fraction of sp³-hybridized carbons (Fsp3) is 0.250. The highest BCUT2D eigenvalue weighted by Crippen LogP contribution is 2.26. The molecule has 0 atom stereocenters. The molecule has 0 heterocycles. The minimum Gasteiger partial charge on any atom is -0.200 e. The van der Waals surface area contributed by atoms with E-state index in [1.165, 1.54) is 12.2 Å². The number of halogens is 3. The number of hydrogen-bond acceptors (Lipinski definition) is 0. The summed E-state index contributed by atoms with van der Waals surface area (Å²) in [6, 6.07) is 0. The van der Waals surface area contributed by atoms with Gasteiger partial charge in [0.05, 0.1) is 5.33 Å². The molecule has 0 N–H and O–H groups in total. The normalized spacial score (nSPS) is 12.8. The van der Waals surface area contributed by atoms with Crippen LogP contribution < -0.4 is 0 Å². The van der Waals surface area contributed by atoms with Crippen molar-refractivity contribution in [2.75, 3.05) is 5.33 Å². The van der Waals surface area contributed by atoms with E-state index in [1.54, 1.807) is 0 Å². The number of hydrogen-bond donors (Lipinski definition) is 0. The van der Waals surface area contributed by atoms with E-state index in [9.17, 15) is 8.78 Å². The maximum atomic E-state index is 12.8. The minimum absolute atomic E-state index is 0.121. The van der Waals surface area contributed by atoms with Crippen molar-refractivity contribution >= 4 is 15.9 Å². The maximum Gasteiger partial charge on any atom is 0.282 e. The lowest BCUT2D eigenvalue weighted by Crippen LogP contribution is -2.19. The van der Waals surface area contributed by atoms with Crippen LogP contribution in [0, 0.1) is 0 Å². The van der Waals surface area contributed by atoms with Gasteiger partial charge in [0.25, 0.3) is 5.92 Å². The van der Waals surface area contributed by atoms with E-state index in [1.807, 2.05) is 0 Å². The Balaban J connectivity index is 4.62. The predicted molar refractivity (Wildman–Crippen MR) is 47.2 cm³/mol. The molecule has 0 fully saturated rings. The van der Waals surface area contributed by atoms with Crippen LogP contribution in [0.25, 0.3) is 0 Å². The van der Waals surface area contributed by atoms with E-state index in [4.69, 9.17) is 0 Å². The molecule has 0 spiro atoms. The monoisotopic (exact) mass is 222 g/mol. The molecule has 0 aromatic carbocycles. The van der Waals surface area contributed by atoms with Gasteiger partial charge in [0.1, 0.15) is 0 Å². The summed E-state index contributed by atoms with van der Waals surface area (Å²) in [6.07, 6.45) is 3.69. The molecule has 11 heavy (non-hydrogen) atoms. The van der Waals surface area contributed by atoms with Gasteiger partial charge in [0, 0.05) is 5.57 Å². The van der Waals surface area contributed by atoms with Gasteiger partial charge in [0.15, 0.2) is 0 Å². The van der Waals surface area contributed by atoms with Crippen molar-refractivity contribution in [3.63, 3.8) is 0 Å². The van der Waals surface area contributed by atoms with Crippen molar-refractivity contribution in [2.45, 2.75) is 5.92 Å². The topological polar surface area (TPSA) is 0 Å². The second-order valence-corrected chi connectivity index (χ2v) is 2.46. The van der Waals surface area contributed by atoms with Crippen molar-refractivity contribution in [2.24, 2.45) is 0 Å². The Hall–Kier alpha value is -0.440. The summed E-state index contributed by atoms with van der Waals surface area (Å²) < 4.78 is 25.5. The molecule has 0 amide bonds. The Morgan fingerprint density at radius 2 is 2.00 bits per heavy atom. The van der Waals surface area contributed by atoms with Crippen LogP contribution in [0.3, 0.4) is 0 Å². The van der Waals surface area contributed by atoms with Crippen LogP contribution in [0.2, 0.25) is 0 Å². The predicted octanol–water partition coefficient (Wildman–Crippen LogP) is 3.32. The molecular formula is C8H9BrF2. The van der Waals surface area contributed by atoms with Gasteiger partial charge in [-0.3, -0.25) is 0 Å². The summed E-state index contributed by atoms with van der Waals surface area (Å²) in [5.41, 5.74) is -0.121. The Morgan fingerprint density at radius 3 is 2.27 bits per heavy atom. The molecule has 0 aliphatic rings. The van der Waals surface area contributed by atoms with Crippen LogP contribution in [0.1, 0.15) is 0 Å². The second-order valence-electron chi connectivity index (χ2n) is 1.90. The van der Waals surface area contributed by atoms with Gasteiger partial charge in [-0.15, -0.1) is 0 Å². The molecule has 62 valence electrons. The molecule has 3 heteroatoms. The van der Waals surface area contributed by atoms with Crippen molar-refractivity contribution in [3.05, 3.63) is 37.0 Å². The largest absolute Gasteiger partial charge is 0.282 e. The fourth-order valence-corrected chi connectivity index (χ4v) is 0.867. The number of allylic oxidation sites excluding steroid dienone is 4. The first-order chi connectivity index (χ1) is 5.08. The zero-order valence-electron chi connectivity index (χ0n) is 5.99. The first-order valence-electron chi connectivity index (χ1n) is 2.98. The Labute approximate surface area is 73.4 Å². The molecule has 0 rings (SSSR count). The van der Waals surface area contributed by atoms with Gasteiger partial charge < -0.3 is 0 Å². The summed E-state index contributed by atoms with van der Waals surface area (Å²) in [5.74, 6) is -2.85. The van der Waals surface area contributed by atoms with Crippen LogP contribution in [0.4, 0.5) is 8.78 Å². The molecule has 0 aromatic heterocycles. The lowest BCUT2D eigenvalue weighted by atomic mass is 10.1. The van der Waals surface area contributed by atoms with E-state index in [0.717, 1.165) is 6.08 Å². The molecule has 0 radical (unpaired) electrons. The summed E-state index contributed by atoms with van der Waals surface area (Å²) in [5, 5.41) is -0.397. The van der Waals surface area contributed by atoms with Crippen LogP contribution in [0.5, 0.6) is 0 Å². The van der Waals surface area contributed by atoms with E-state index in [0.29, 0.717) is 0 Å². The first kappa shape index (κ1) is 10.6. The SMILES string of the molecule is C=C/C=C(\C=C)C(F)(F)CBr. The summed E-state index contributed by atoms with van der Waals surface area (Å²) >= 11 is 2.71. The summed E-state index contributed by atoms with van der Waals surface area (Å²) in [7, 11) is 0. The third kappa shape index (κ3) is 2.97. The zero-order valence-corrected chi connectivity index (χ0v) is 7.57. The van der Waals surface area contributed by atoms with E-state index in [2.05, 4.69) is 29.1 Å². The maximum absolute atomic E-state index is 12.8. The first-order valence-corrected chi connectivity index (χ1v) is 4.10. The Bertz CT molecular complexity index is 183. The van der Waals surface area contributed by atoms with Crippen LogP contribution in [-0.2, 0) is 0 Å². The lowest BCUT2D eigenvalue weighted by molar-refractivity contribution is 0.0745. The van der Waals surface area contributed by atoms with Crippen LogP contribution in [-0.4, -0.2) is 11.3 Å². The zero-order chi connectivity index (χ0) is 8.91. The van der Waals surface area contributed by atoms with Gasteiger partial charge in [-0.25, -0.2) is 8.78 Å². The molecule has 0 aliphatic carbocycles. The van der Waals surface area contributed by atoms with Crippen molar-refractivity contribution in [3.8, 4) is 0 Å². The molecular weight excluding hydrogens is 214 g/mol. The minimum atomic E-state index is -2.85. The molecule has 0 saturated carbocycles. The Kier molecular flexibility index (Phi) is 4.26. The third-order valence-corrected chi connectivity index (χ3v) is 1.81. The fourth-order valence-electron chi connectivity index (χ4n) is 0.543. The van der Waals surface area contributed by atoms with Crippen molar-refractivity contribution in [1.82, 2.24) is 0 Å². The van der Waals surface area contributed by atoms with Gasteiger partial charge in [-0.05, 0) is 0 Å². The number of rotatable bonds is 4. The van der Waals surface area contributed by atoms with Crippen LogP contribution in [0.15, 0.2) is 37.0 Å². The Morgan fingerprint density at radius 1 is 1.45 bits per heavy atom. The average Bonchev–Trinajstić information content (AvgIpc) is 2.00. The molecule has 0 nitrogen and oxygen atoms in total. The third-order valence-electron chi connectivity index (χ3n) is 1.11. The quantitative estimate of drug-likeness (QED) is 0.506. The standard InChI is InChI=1S/C8H9BrF2/c1-3-5-7(4-2)8(10,11)6-9/h3-5H,1-2,6H2/b7-5+. The highest BCUT2D eigenvalue weighted by atomic mass is 79.9. The smallest absolute Gasteiger partial charge is 0.200 e. The highest BCUT2D eigenvalue weighted by molar-refractivity contribution is 9.09. The van der Waals surface area contributed by atoms with E-state index in [-0.39, 0.29) is 5.57 Å². The highest BCUT2D eigenvalue weighted by Gasteiger charge is 2.30. The summed E-state index contributed by atoms with van der Waals surface area (Å²) in [4.78, 5) is 0. The van der Waals surface area contributed by atoms with Crippen molar-refractivity contribution < 1.29 is 8.78 Å². The molecule has 0 bridgehead atoms. The van der Waals surface area contributed by atoms with Gasteiger partial charge in [0.2, 0.25) is 0 Å². The van der Waals surface area contributed by atoms with Gasteiger partial charge in [-0.2, -0.15) is 0 Å². The average molecular weight is 223 g/mol. The van der Waals surface area contributed by atoms with Crippen LogP contribution >= 0.6 is 15.9 Å². The molecule has 0 saturated heterocycles. The van der Waals surface area contributed by atoms with Gasteiger partial charge in [-0.1, -0.05) is 47.3 Å². The van der Waals surface area contributed by atoms with Crippen molar-refractivity contribution in [1.29, 1.82) is 0 Å². The van der Waals surface area contributed by atoms with E-state index < -0.39 is 11.3 Å². The second kappa shape index (κ2) is 4.44. The lowest BCUT2D eigenvalue weighted by Gasteiger charge is -2.13. The number of alkyl halides is 3. The van der Waals surface area contributed by atoms with Gasteiger partial charge >= 0.3 is 0 Å². The molecule has 0 aromatic rings.